The molecule has 30 heavy (non-hydrogen) atoms. The van der Waals surface area contributed by atoms with Crippen molar-refractivity contribution >= 4 is 22.8 Å². The molecule has 8 heteroatoms. The highest BCUT2D eigenvalue weighted by molar-refractivity contribution is 6.03. The number of fused-ring (bicyclic) bond motifs is 1. The fraction of sp³-hybridized carbons (Fsp3) is 0.227. The van der Waals surface area contributed by atoms with Gasteiger partial charge in [-0.15, -0.1) is 0 Å². The molecule has 1 heterocycles. The fourth-order valence-corrected chi connectivity index (χ4v) is 2.79. The molecule has 0 aliphatic carbocycles. The topological polar surface area (TPSA) is 107 Å². The number of pyridine rings is 1. The van der Waals surface area contributed by atoms with Crippen molar-refractivity contribution in [1.82, 2.24) is 10.3 Å². The third-order valence-electron chi connectivity index (χ3n) is 4.13. The van der Waals surface area contributed by atoms with Gasteiger partial charge < -0.3 is 24.5 Å². The van der Waals surface area contributed by atoms with Crippen LogP contribution in [-0.4, -0.2) is 43.2 Å². The summed E-state index contributed by atoms with van der Waals surface area (Å²) in [4.78, 5) is 38.6. The number of benzene rings is 2. The van der Waals surface area contributed by atoms with Gasteiger partial charge in [0.15, 0.2) is 6.61 Å². The predicted molar refractivity (Wildman–Crippen MR) is 111 cm³/mol. The molecule has 0 fully saturated rings. The molecule has 3 rings (SSSR count). The average molecular weight is 410 g/mol. The molecule has 0 unspecified atom stereocenters. The van der Waals surface area contributed by atoms with E-state index in [1.807, 2.05) is 6.92 Å². The molecule has 8 nitrogen and oxygen atoms in total. The number of para-hydroxylation sites is 1. The zero-order chi connectivity index (χ0) is 21.3. The van der Waals surface area contributed by atoms with Gasteiger partial charge in [0.25, 0.3) is 5.91 Å². The molecule has 0 saturated heterocycles. The van der Waals surface area contributed by atoms with Gasteiger partial charge in [-0.1, -0.05) is 18.2 Å². The van der Waals surface area contributed by atoms with Crippen LogP contribution in [0.1, 0.15) is 17.3 Å². The van der Waals surface area contributed by atoms with Gasteiger partial charge in [-0.3, -0.25) is 9.59 Å². The number of rotatable bonds is 9. The molecule has 1 amide bonds. The summed E-state index contributed by atoms with van der Waals surface area (Å²) in [6.07, 6.45) is 0. The molecule has 2 N–H and O–H groups in total. The number of carbonyl (C=O) groups is 2. The van der Waals surface area contributed by atoms with E-state index >= 15 is 0 Å². The van der Waals surface area contributed by atoms with Crippen LogP contribution in [0.15, 0.2) is 59.4 Å². The Bertz CT molecular complexity index is 1070. The summed E-state index contributed by atoms with van der Waals surface area (Å²) in [5, 5.41) is 3.15. The van der Waals surface area contributed by atoms with Crippen molar-refractivity contribution in [2.24, 2.45) is 0 Å². The highest BCUT2D eigenvalue weighted by Gasteiger charge is 2.14. The molecule has 156 valence electrons. The van der Waals surface area contributed by atoms with Crippen LogP contribution < -0.4 is 20.3 Å². The largest absolute Gasteiger partial charge is 0.494 e. The number of H-pyrrole nitrogens is 1. The number of aromatic amines is 1. The highest BCUT2D eigenvalue weighted by atomic mass is 16.5. The van der Waals surface area contributed by atoms with Gasteiger partial charge in [-0.05, 0) is 37.3 Å². The maximum absolute atomic E-state index is 12.3. The van der Waals surface area contributed by atoms with Gasteiger partial charge in [0.05, 0.1) is 18.7 Å². The minimum absolute atomic E-state index is 0.112. The second-order valence-electron chi connectivity index (χ2n) is 6.27. The van der Waals surface area contributed by atoms with E-state index < -0.39 is 24.0 Å². The Morgan fingerprint density at radius 3 is 2.43 bits per heavy atom. The lowest BCUT2D eigenvalue weighted by atomic mass is 10.1. The first-order valence-corrected chi connectivity index (χ1v) is 9.48. The van der Waals surface area contributed by atoms with Crippen LogP contribution in [-0.2, 0) is 9.53 Å². The second kappa shape index (κ2) is 10.1. The maximum atomic E-state index is 12.3. The van der Waals surface area contributed by atoms with Gasteiger partial charge >= 0.3 is 5.97 Å². The Hall–Kier alpha value is -3.81. The van der Waals surface area contributed by atoms with Gasteiger partial charge in [-0.2, -0.15) is 0 Å². The lowest BCUT2D eigenvalue weighted by Gasteiger charge is -2.10. The van der Waals surface area contributed by atoms with Crippen LogP contribution in [0.4, 0.5) is 0 Å². The van der Waals surface area contributed by atoms with Crippen molar-refractivity contribution in [3.8, 4) is 11.5 Å². The van der Waals surface area contributed by atoms with E-state index in [1.54, 1.807) is 48.5 Å². The minimum atomic E-state index is -0.738. The van der Waals surface area contributed by atoms with Crippen LogP contribution in [0.25, 0.3) is 10.9 Å². The van der Waals surface area contributed by atoms with E-state index in [0.717, 1.165) is 11.8 Å². The number of nitrogens with one attached hydrogen (secondary N) is 2. The summed E-state index contributed by atoms with van der Waals surface area (Å²) in [7, 11) is 0. The van der Waals surface area contributed by atoms with Crippen LogP contribution in [0.3, 0.4) is 0 Å². The Kier molecular flexibility index (Phi) is 7.05. The number of hydrogen-bond acceptors (Lipinski definition) is 6. The molecule has 0 bridgehead atoms. The first kappa shape index (κ1) is 20.9. The first-order valence-electron chi connectivity index (χ1n) is 9.48. The maximum Gasteiger partial charge on any atom is 0.339 e. The monoisotopic (exact) mass is 410 g/mol. The second-order valence-corrected chi connectivity index (χ2v) is 6.27. The highest BCUT2D eigenvalue weighted by Crippen LogP contribution is 2.17. The molecule has 0 radical (unpaired) electrons. The smallest absolute Gasteiger partial charge is 0.339 e. The Morgan fingerprint density at radius 2 is 1.70 bits per heavy atom. The average Bonchev–Trinajstić information content (AvgIpc) is 2.75. The zero-order valence-corrected chi connectivity index (χ0v) is 16.5. The SMILES string of the molecule is CCOc1ccc(OCCNC(=O)COC(=O)c2cc(=O)[nH]c3ccccc23)cc1. The number of hydrogen-bond donors (Lipinski definition) is 2. The molecule has 0 aliphatic heterocycles. The number of esters is 1. The van der Waals surface area contributed by atoms with E-state index in [2.05, 4.69) is 10.3 Å². The Balaban J connectivity index is 1.44. The number of amides is 1. The van der Waals surface area contributed by atoms with Crippen molar-refractivity contribution in [1.29, 1.82) is 0 Å². The predicted octanol–water partition coefficient (Wildman–Crippen LogP) is 2.28. The van der Waals surface area contributed by atoms with Crippen LogP contribution >= 0.6 is 0 Å². The summed E-state index contributed by atoms with van der Waals surface area (Å²) in [5.74, 6) is 0.208. The zero-order valence-electron chi connectivity index (χ0n) is 16.5. The standard InChI is InChI=1S/C22H22N2O6/c1-2-28-15-7-9-16(10-8-15)29-12-11-23-21(26)14-30-22(27)18-13-20(25)24-19-6-4-3-5-17(18)19/h3-10,13H,2,11-12,14H2,1H3,(H,23,26)(H,24,25). The summed E-state index contributed by atoms with van der Waals surface area (Å²) in [5.41, 5.74) is 0.213. The minimum Gasteiger partial charge on any atom is -0.494 e. The van der Waals surface area contributed by atoms with E-state index in [-0.39, 0.29) is 18.7 Å². The summed E-state index contributed by atoms with van der Waals surface area (Å²) >= 11 is 0. The fourth-order valence-electron chi connectivity index (χ4n) is 2.79. The number of carbonyl (C=O) groups excluding carboxylic acids is 2. The summed E-state index contributed by atoms with van der Waals surface area (Å²) in [6.45, 7) is 2.55. The van der Waals surface area contributed by atoms with Gasteiger partial charge in [0, 0.05) is 17.0 Å². The van der Waals surface area contributed by atoms with Crippen LogP contribution in [0.5, 0.6) is 11.5 Å². The van der Waals surface area contributed by atoms with Crippen molar-refractivity contribution in [3.05, 3.63) is 70.5 Å². The number of ether oxygens (including phenoxy) is 3. The van der Waals surface area contributed by atoms with E-state index in [4.69, 9.17) is 14.2 Å². The molecule has 3 aromatic rings. The van der Waals surface area contributed by atoms with Gasteiger partial charge in [-0.25, -0.2) is 4.79 Å². The molecule has 0 atom stereocenters. The van der Waals surface area contributed by atoms with Crippen LogP contribution in [0.2, 0.25) is 0 Å². The van der Waals surface area contributed by atoms with Crippen LogP contribution in [0, 0.1) is 0 Å². The third kappa shape index (κ3) is 5.60. The number of aromatic nitrogens is 1. The van der Waals surface area contributed by atoms with Crippen molar-refractivity contribution in [3.63, 3.8) is 0 Å². The molecule has 0 spiro atoms. The molecular weight excluding hydrogens is 388 g/mol. The van der Waals surface area contributed by atoms with E-state index in [9.17, 15) is 14.4 Å². The van der Waals surface area contributed by atoms with Gasteiger partial charge in [0.1, 0.15) is 18.1 Å². The van der Waals surface area contributed by atoms with Gasteiger partial charge in [0.2, 0.25) is 5.56 Å². The van der Waals surface area contributed by atoms with E-state index in [1.165, 1.54) is 0 Å². The quantitative estimate of drug-likeness (QED) is 0.414. The van der Waals surface area contributed by atoms with Crippen molar-refractivity contribution in [2.75, 3.05) is 26.4 Å². The molecule has 0 aliphatic rings. The third-order valence-corrected chi connectivity index (χ3v) is 4.13. The van der Waals surface area contributed by atoms with E-state index in [0.29, 0.717) is 23.3 Å². The lowest BCUT2D eigenvalue weighted by molar-refractivity contribution is -0.124. The Morgan fingerprint density at radius 1 is 1.00 bits per heavy atom. The summed E-state index contributed by atoms with van der Waals surface area (Å²) in [6, 6.07) is 15.2. The summed E-state index contributed by atoms with van der Waals surface area (Å²) < 4.78 is 15.9. The molecule has 2 aromatic carbocycles. The first-order chi connectivity index (χ1) is 14.6. The molecule has 0 saturated carbocycles. The molecule has 1 aromatic heterocycles. The Labute approximate surface area is 172 Å². The molecular formula is C22H22N2O6. The van der Waals surface area contributed by atoms with Crippen molar-refractivity contribution < 1.29 is 23.8 Å². The van der Waals surface area contributed by atoms with Crippen molar-refractivity contribution in [2.45, 2.75) is 6.92 Å². The lowest BCUT2D eigenvalue weighted by Crippen LogP contribution is -2.32. The normalized spacial score (nSPS) is 10.4.